The molecule has 0 N–H and O–H groups in total. The minimum Gasteiger partial charge on any atom is -0.460 e. The molecule has 1 aromatic heterocycles. The molecule has 0 radical (unpaired) electrons. The molecule has 2 aromatic carbocycles. The number of carbonyl (C=O) groups excluding carboxylic acids is 1. The van der Waals surface area contributed by atoms with Crippen LogP contribution in [0.25, 0.3) is 11.0 Å². The van der Waals surface area contributed by atoms with Crippen LogP contribution in [0.4, 0.5) is 0 Å². The normalized spacial score (nSPS) is 11.0. The number of hydrogen-bond donors (Lipinski definition) is 0. The summed E-state index contributed by atoms with van der Waals surface area (Å²) >= 11 is 9.42. The number of aryl methyl sites for hydroxylation is 1. The van der Waals surface area contributed by atoms with Gasteiger partial charge in [-0.1, -0.05) is 36.7 Å². The van der Waals surface area contributed by atoms with Crippen molar-refractivity contribution in [2.45, 2.75) is 13.3 Å². The van der Waals surface area contributed by atoms with Gasteiger partial charge in [0.1, 0.15) is 11.3 Å². The van der Waals surface area contributed by atoms with Crippen LogP contribution >= 0.6 is 27.5 Å². The van der Waals surface area contributed by atoms with Crippen molar-refractivity contribution in [1.82, 2.24) is 0 Å². The Morgan fingerprint density at radius 3 is 2.71 bits per heavy atom. The fourth-order valence-electron chi connectivity index (χ4n) is 2.38. The highest BCUT2D eigenvalue weighted by Crippen LogP contribution is 2.30. The zero-order valence-electron chi connectivity index (χ0n) is 11.3. The second kappa shape index (κ2) is 5.66. The quantitative estimate of drug-likeness (QED) is 0.563. The van der Waals surface area contributed by atoms with Gasteiger partial charge in [0.2, 0.25) is 0 Å². The third-order valence-corrected chi connectivity index (χ3v) is 4.63. The van der Waals surface area contributed by atoms with E-state index in [9.17, 15) is 4.79 Å². The number of fused-ring (bicyclic) bond motifs is 1. The zero-order chi connectivity index (χ0) is 15.0. The van der Waals surface area contributed by atoms with E-state index in [4.69, 9.17) is 16.0 Å². The Labute approximate surface area is 135 Å². The lowest BCUT2D eigenvalue weighted by atomic mass is 9.99. The van der Waals surface area contributed by atoms with Crippen LogP contribution in [-0.4, -0.2) is 5.78 Å². The summed E-state index contributed by atoms with van der Waals surface area (Å²) in [6, 6.07) is 12.8. The molecule has 0 aliphatic heterocycles. The van der Waals surface area contributed by atoms with E-state index in [2.05, 4.69) is 15.9 Å². The maximum absolute atomic E-state index is 12.8. The maximum atomic E-state index is 12.8. The lowest BCUT2D eigenvalue weighted by Crippen LogP contribution is -2.03. The molecular formula is C17H12BrClO2. The number of halogens is 2. The standard InChI is InChI=1S/C17H12BrClO2/c1-2-14-16(11-5-3-4-6-15(11)21-14)17(20)10-7-8-12(18)13(19)9-10/h3-9H,2H2,1H3. The highest BCUT2D eigenvalue weighted by atomic mass is 79.9. The van der Waals surface area contributed by atoms with E-state index < -0.39 is 0 Å². The van der Waals surface area contributed by atoms with Crippen LogP contribution in [0.2, 0.25) is 5.02 Å². The number of furan rings is 1. The van der Waals surface area contributed by atoms with Gasteiger partial charge in [-0.3, -0.25) is 4.79 Å². The van der Waals surface area contributed by atoms with Gasteiger partial charge in [0, 0.05) is 21.8 Å². The third kappa shape index (κ3) is 2.52. The Hall–Kier alpha value is -1.58. The van der Waals surface area contributed by atoms with Gasteiger partial charge >= 0.3 is 0 Å². The van der Waals surface area contributed by atoms with Crippen LogP contribution in [0.15, 0.2) is 51.4 Å². The number of benzene rings is 2. The van der Waals surface area contributed by atoms with Gasteiger partial charge in [-0.15, -0.1) is 0 Å². The largest absolute Gasteiger partial charge is 0.460 e. The molecule has 0 unspecified atom stereocenters. The van der Waals surface area contributed by atoms with Crippen molar-refractivity contribution >= 4 is 44.3 Å². The number of hydrogen-bond acceptors (Lipinski definition) is 2. The molecule has 2 nitrogen and oxygen atoms in total. The van der Waals surface area contributed by atoms with Gasteiger partial charge in [0.15, 0.2) is 5.78 Å². The van der Waals surface area contributed by atoms with Crippen LogP contribution in [0.5, 0.6) is 0 Å². The van der Waals surface area contributed by atoms with Crippen molar-refractivity contribution in [1.29, 1.82) is 0 Å². The first-order chi connectivity index (χ1) is 10.1. The van der Waals surface area contributed by atoms with Gasteiger partial charge in [-0.25, -0.2) is 0 Å². The molecule has 0 fully saturated rings. The fourth-order valence-corrected chi connectivity index (χ4v) is 2.80. The van der Waals surface area contributed by atoms with Gasteiger partial charge in [-0.05, 0) is 40.2 Å². The first kappa shape index (κ1) is 14.4. The van der Waals surface area contributed by atoms with Crippen LogP contribution in [0, 0.1) is 0 Å². The van der Waals surface area contributed by atoms with E-state index in [-0.39, 0.29) is 5.78 Å². The second-order valence-electron chi connectivity index (χ2n) is 4.71. The summed E-state index contributed by atoms with van der Waals surface area (Å²) in [5, 5.41) is 1.37. The minimum atomic E-state index is -0.0637. The summed E-state index contributed by atoms with van der Waals surface area (Å²) in [7, 11) is 0. The van der Waals surface area contributed by atoms with Gasteiger partial charge < -0.3 is 4.42 Å². The van der Waals surface area contributed by atoms with Crippen molar-refractivity contribution < 1.29 is 9.21 Å². The number of ketones is 1. The fraction of sp³-hybridized carbons (Fsp3) is 0.118. The molecule has 0 amide bonds. The Morgan fingerprint density at radius 1 is 1.24 bits per heavy atom. The monoisotopic (exact) mass is 362 g/mol. The molecule has 0 aliphatic rings. The van der Waals surface area contributed by atoms with Crippen LogP contribution in [0.3, 0.4) is 0 Å². The summed E-state index contributed by atoms with van der Waals surface area (Å²) in [5.74, 6) is 0.645. The SMILES string of the molecule is CCc1oc2ccccc2c1C(=O)c1ccc(Br)c(Cl)c1. The van der Waals surface area contributed by atoms with Gasteiger partial charge in [0.05, 0.1) is 10.6 Å². The van der Waals surface area contributed by atoms with Crippen LogP contribution < -0.4 is 0 Å². The smallest absolute Gasteiger partial charge is 0.197 e. The average Bonchev–Trinajstić information content (AvgIpc) is 2.87. The summed E-state index contributed by atoms with van der Waals surface area (Å²) in [6.07, 6.45) is 0.667. The molecule has 0 saturated carbocycles. The highest BCUT2D eigenvalue weighted by molar-refractivity contribution is 9.10. The molecule has 21 heavy (non-hydrogen) atoms. The first-order valence-electron chi connectivity index (χ1n) is 6.62. The Kier molecular flexibility index (Phi) is 3.87. The van der Waals surface area contributed by atoms with Crippen molar-refractivity contribution in [3.05, 3.63) is 68.8 Å². The van der Waals surface area contributed by atoms with E-state index in [1.807, 2.05) is 31.2 Å². The Bertz CT molecular complexity index is 836. The minimum absolute atomic E-state index is 0.0637. The number of rotatable bonds is 3. The summed E-state index contributed by atoms with van der Waals surface area (Å²) < 4.78 is 6.55. The van der Waals surface area contributed by atoms with Gasteiger partial charge in [0.25, 0.3) is 0 Å². The van der Waals surface area contributed by atoms with E-state index in [1.165, 1.54) is 0 Å². The predicted molar refractivity (Wildman–Crippen MR) is 88.2 cm³/mol. The van der Waals surface area contributed by atoms with Crippen molar-refractivity contribution in [3.63, 3.8) is 0 Å². The molecule has 3 rings (SSSR count). The second-order valence-corrected chi connectivity index (χ2v) is 5.97. The van der Waals surface area contributed by atoms with E-state index in [0.29, 0.717) is 28.3 Å². The first-order valence-corrected chi connectivity index (χ1v) is 7.79. The number of para-hydroxylation sites is 1. The van der Waals surface area contributed by atoms with E-state index in [1.54, 1.807) is 18.2 Å². The van der Waals surface area contributed by atoms with Crippen molar-refractivity contribution in [2.24, 2.45) is 0 Å². The van der Waals surface area contributed by atoms with Crippen LogP contribution in [0.1, 0.15) is 28.6 Å². The van der Waals surface area contributed by atoms with Gasteiger partial charge in [-0.2, -0.15) is 0 Å². The molecule has 1 heterocycles. The predicted octanol–water partition coefficient (Wildman–Crippen LogP) is 5.64. The lowest BCUT2D eigenvalue weighted by Gasteiger charge is -2.03. The lowest BCUT2D eigenvalue weighted by molar-refractivity contribution is 0.103. The van der Waals surface area contributed by atoms with Crippen molar-refractivity contribution in [2.75, 3.05) is 0 Å². The van der Waals surface area contributed by atoms with E-state index in [0.717, 1.165) is 15.4 Å². The summed E-state index contributed by atoms with van der Waals surface area (Å²) in [4.78, 5) is 12.8. The Balaban J connectivity index is 2.18. The molecular weight excluding hydrogens is 352 g/mol. The number of carbonyl (C=O) groups is 1. The topological polar surface area (TPSA) is 30.2 Å². The highest BCUT2D eigenvalue weighted by Gasteiger charge is 2.21. The molecule has 0 atom stereocenters. The molecule has 3 aromatic rings. The average molecular weight is 364 g/mol. The Morgan fingerprint density at radius 2 is 2.00 bits per heavy atom. The third-order valence-electron chi connectivity index (χ3n) is 3.40. The summed E-state index contributed by atoms with van der Waals surface area (Å²) in [6.45, 7) is 1.98. The van der Waals surface area contributed by atoms with Crippen LogP contribution in [-0.2, 0) is 6.42 Å². The molecule has 0 bridgehead atoms. The molecule has 0 saturated heterocycles. The molecule has 0 spiro atoms. The molecule has 106 valence electrons. The maximum Gasteiger partial charge on any atom is 0.197 e. The van der Waals surface area contributed by atoms with Crippen molar-refractivity contribution in [3.8, 4) is 0 Å². The summed E-state index contributed by atoms with van der Waals surface area (Å²) in [5.41, 5.74) is 1.93. The molecule has 4 heteroatoms. The molecule has 0 aliphatic carbocycles. The van der Waals surface area contributed by atoms with E-state index >= 15 is 0 Å². The zero-order valence-corrected chi connectivity index (χ0v) is 13.7.